The molecule has 7 rings (SSSR count). The number of nitrogens with one attached hydrogen (secondary N) is 4. The maximum absolute atomic E-state index is 14.7. The van der Waals surface area contributed by atoms with E-state index in [1.165, 1.54) is 19.1 Å². The molecular formula is C58H73N8NaO22S. The Morgan fingerprint density at radius 2 is 1.48 bits per heavy atom. The van der Waals surface area contributed by atoms with E-state index in [0.717, 1.165) is 49.1 Å². The van der Waals surface area contributed by atoms with Crippen LogP contribution in [0.3, 0.4) is 0 Å². The molecule has 0 bridgehead atoms. The molecule has 15 atom stereocenters. The predicted octanol–water partition coefficient (Wildman–Crippen LogP) is -6.59. The summed E-state index contributed by atoms with van der Waals surface area (Å²) in [5.41, 5.74) is 7.73. The van der Waals surface area contributed by atoms with Crippen LogP contribution in [0.1, 0.15) is 98.9 Å². The first-order valence-electron chi connectivity index (χ1n) is 28.6. The molecule has 3 fully saturated rings. The summed E-state index contributed by atoms with van der Waals surface area (Å²) >= 11 is 0. The summed E-state index contributed by atoms with van der Waals surface area (Å²) in [4.78, 5) is 120. The molecule has 90 heavy (non-hydrogen) atoms. The van der Waals surface area contributed by atoms with Gasteiger partial charge in [-0.05, 0) is 78.1 Å². The smallest absolute Gasteiger partial charge is 0.716 e. The zero-order chi connectivity index (χ0) is 65.3. The van der Waals surface area contributed by atoms with Crippen molar-refractivity contribution in [1.29, 1.82) is 0 Å². The third-order valence-electron chi connectivity index (χ3n) is 15.8. The number of hydrogen-bond donors (Lipinski definition) is 14. The number of ether oxygens (including phenoxy) is 1. The van der Waals surface area contributed by atoms with Crippen molar-refractivity contribution >= 4 is 68.8 Å². The van der Waals surface area contributed by atoms with Crippen LogP contribution in [0.2, 0.25) is 0 Å². The molecule has 15 N–H and O–H groups in total. The van der Waals surface area contributed by atoms with Gasteiger partial charge in [0.2, 0.25) is 35.4 Å². The van der Waals surface area contributed by atoms with Crippen molar-refractivity contribution in [2.45, 2.75) is 145 Å². The molecule has 3 aromatic rings. The number of primary amides is 1. The van der Waals surface area contributed by atoms with E-state index in [1.54, 1.807) is 12.1 Å². The van der Waals surface area contributed by atoms with Gasteiger partial charge in [-0.3, -0.25) is 43.3 Å². The number of aliphatic hydroxyl groups excluding tert-OH is 8. The van der Waals surface area contributed by atoms with Crippen LogP contribution in [-0.4, -0.2) is 221 Å². The number of benzene rings is 3. The number of rotatable bonds is 18. The van der Waals surface area contributed by atoms with Gasteiger partial charge in [-0.25, -0.2) is 8.42 Å². The van der Waals surface area contributed by atoms with Gasteiger partial charge in [-0.1, -0.05) is 57.0 Å². The van der Waals surface area contributed by atoms with Crippen LogP contribution in [0.15, 0.2) is 77.8 Å². The number of carbonyl (C=O) groups excluding carboxylic acids is 8. The number of allylic oxidation sites excluding steroid dienone is 1. The summed E-state index contributed by atoms with van der Waals surface area (Å²) in [6, 6.07) is 5.40. The SMILES string of the molecule is CCCCCOc1ccc(C2=CC(c3ccc(C(=O)N[C@H]4C[C@@H](O)[C@@H](O)NC(=O)[C@@H]5[C@@H](O)[C@@H](C)CN5C(=O)[C@H]([C@H](O)CC(N)=O)NC(=O)[C@H]([C@H](O)[C@@H](O)c5ccc(O)c(OS(=O)(=O)[O-])c5)CC(=O)[C@@H]5C[C@@H](O)CN5C(=O)C([C@@H](C)O)NC4=O)cc3)=NC2)cc1.[Na+]. The van der Waals surface area contributed by atoms with Crippen molar-refractivity contribution in [3.05, 3.63) is 95.1 Å². The van der Waals surface area contributed by atoms with Crippen molar-refractivity contribution in [3.63, 3.8) is 0 Å². The van der Waals surface area contributed by atoms with E-state index in [0.29, 0.717) is 46.4 Å². The molecule has 0 aliphatic carbocycles. The van der Waals surface area contributed by atoms with Crippen LogP contribution in [0, 0.1) is 11.8 Å². The first-order valence-corrected chi connectivity index (χ1v) is 29.9. The molecule has 3 aromatic carbocycles. The second-order valence-corrected chi connectivity index (χ2v) is 23.5. The molecule has 4 aliphatic heterocycles. The fourth-order valence-electron chi connectivity index (χ4n) is 10.9. The number of hydrogen-bond acceptors (Lipinski definition) is 23. The number of phenols is 1. The molecule has 484 valence electrons. The zero-order valence-corrected chi connectivity index (χ0v) is 52.3. The molecule has 7 amide bonds. The Labute approximate surface area is 538 Å². The molecule has 0 aromatic heterocycles. The van der Waals surface area contributed by atoms with E-state index in [4.69, 9.17) is 10.5 Å². The number of amides is 7. The van der Waals surface area contributed by atoms with E-state index >= 15 is 0 Å². The van der Waals surface area contributed by atoms with Gasteiger partial charge in [-0.15, -0.1) is 0 Å². The fraction of sp³-hybridized carbons (Fsp3) is 0.500. The monoisotopic (exact) mass is 1290 g/mol. The molecule has 4 aliphatic rings. The molecule has 30 nitrogen and oxygen atoms in total. The molecule has 1 unspecified atom stereocenters. The summed E-state index contributed by atoms with van der Waals surface area (Å²) in [7, 11) is -5.59. The molecule has 32 heteroatoms. The molecular weight excluding hydrogens is 1220 g/mol. The number of nitrogens with two attached hydrogens (primary N) is 1. The standard InChI is InChI=1S/C58H74N8O22S.Na/c1-4-5-6-17-87-35-14-11-29(12-15-35)33-18-37(60-24-33)30-7-9-31(10-8-30)52(77)61-38-22-43(72)55(80)64-56(81)48-49(74)27(2)25-66(48)58(83)47(42(71)23-45(59)73)63-53(78)36(51(76)50(75)32-13-16-40(69)44(19-32)88-89(84,85)86)21-41(70)39-20-34(68)26-65(39)57(82)46(28(3)67)62-54(38)79;/h7-16,18-19,27-28,34,36,38-39,42-43,46-51,55,67-69,71-72,74-76,80H,4-6,17,20-26H2,1-3H3,(H2,59,73)(H,61,77)(H,62,79)(H,63,78)(H,64,81)(H,84,85,86);/q;+1/p-1/t27-,28+,34+,36-,38-,39-,42+,43+,46?,47-,48-,49-,50-,51-,55+;/m0./s1. The number of aliphatic hydroxyl groups is 8. The second-order valence-electron chi connectivity index (χ2n) is 22.5. The van der Waals surface area contributed by atoms with Gasteiger partial charge < -0.3 is 96.2 Å². The van der Waals surface area contributed by atoms with Gasteiger partial charge in [0.1, 0.15) is 42.1 Å². The summed E-state index contributed by atoms with van der Waals surface area (Å²) in [5, 5.41) is 110. The van der Waals surface area contributed by atoms with Crippen LogP contribution >= 0.6 is 0 Å². The number of unbranched alkanes of at least 4 members (excludes halogenated alkanes) is 2. The Balaban J connectivity index is 0.0000129. The average molecular weight is 1290 g/mol. The number of Topliss-reactive ketones (excluding diaryl/α,β-unsaturated/α-hetero) is 1. The van der Waals surface area contributed by atoms with Crippen LogP contribution in [0.4, 0.5) is 0 Å². The molecule has 3 saturated heterocycles. The van der Waals surface area contributed by atoms with Gasteiger partial charge in [-0.2, -0.15) is 0 Å². The Morgan fingerprint density at radius 3 is 2.11 bits per heavy atom. The summed E-state index contributed by atoms with van der Waals surface area (Å²) in [5.74, 6) is -15.1. The number of ketones is 1. The number of phenolic OH excluding ortho intramolecular Hbond substituents is 1. The predicted molar refractivity (Wildman–Crippen MR) is 308 cm³/mol. The van der Waals surface area contributed by atoms with Crippen molar-refractivity contribution in [2.75, 3.05) is 26.2 Å². The Morgan fingerprint density at radius 1 is 0.833 bits per heavy atom. The maximum Gasteiger partial charge on any atom is 1.00 e. The van der Waals surface area contributed by atoms with Gasteiger partial charge >= 0.3 is 29.6 Å². The van der Waals surface area contributed by atoms with Crippen molar-refractivity contribution in [3.8, 4) is 17.2 Å². The van der Waals surface area contributed by atoms with Gasteiger partial charge in [0, 0.05) is 43.8 Å². The maximum atomic E-state index is 14.7. The van der Waals surface area contributed by atoms with Crippen LogP contribution in [0.5, 0.6) is 17.2 Å². The van der Waals surface area contributed by atoms with Gasteiger partial charge in [0.25, 0.3) is 16.3 Å². The Kier molecular flexibility index (Phi) is 25.1. The number of fused-ring (bicyclic) bond motifs is 2. The van der Waals surface area contributed by atoms with Crippen molar-refractivity contribution < 1.29 is 136 Å². The van der Waals surface area contributed by atoms with Crippen LogP contribution in [0.25, 0.3) is 5.57 Å². The van der Waals surface area contributed by atoms with Crippen LogP contribution < -0.4 is 65.5 Å². The Hall–Kier alpha value is -6.98. The fourth-order valence-corrected chi connectivity index (χ4v) is 11.3. The van der Waals surface area contributed by atoms with Gasteiger partial charge in [0.15, 0.2) is 23.5 Å². The van der Waals surface area contributed by atoms with Crippen molar-refractivity contribution in [1.82, 2.24) is 31.1 Å². The first-order chi connectivity index (χ1) is 42.0. The van der Waals surface area contributed by atoms with E-state index in [-0.39, 0.29) is 35.1 Å². The van der Waals surface area contributed by atoms with E-state index in [9.17, 15) is 97.3 Å². The largest absolute Gasteiger partial charge is 1.00 e. The molecule has 0 saturated carbocycles. The topological polar surface area (TPSA) is 487 Å². The number of aromatic hydroxyl groups is 1. The quantitative estimate of drug-likeness (QED) is 0.0244. The minimum atomic E-state index is -5.59. The number of carbonyl (C=O) groups is 8. The summed E-state index contributed by atoms with van der Waals surface area (Å²) in [6.07, 6.45) is -16.2. The molecule has 0 spiro atoms. The average Bonchev–Trinajstić information content (AvgIpc) is 2.24. The summed E-state index contributed by atoms with van der Waals surface area (Å²) in [6.45, 7) is 4.23. The van der Waals surface area contributed by atoms with E-state index in [1.807, 2.05) is 35.7 Å². The van der Waals surface area contributed by atoms with Crippen molar-refractivity contribution in [2.24, 2.45) is 22.6 Å². The van der Waals surface area contributed by atoms with E-state index in [2.05, 4.69) is 32.0 Å². The number of nitrogens with zero attached hydrogens (tertiary/aromatic N) is 3. The van der Waals surface area contributed by atoms with Gasteiger partial charge in [0.05, 0.1) is 67.8 Å². The summed E-state index contributed by atoms with van der Waals surface area (Å²) < 4.78 is 44.4. The third kappa shape index (κ3) is 17.9. The first kappa shape index (κ1) is 72.1. The molecule has 0 radical (unpaired) electrons. The van der Waals surface area contributed by atoms with Crippen LogP contribution in [-0.2, 0) is 44.0 Å². The van der Waals surface area contributed by atoms with E-state index < -0.39 is 204 Å². The Bertz CT molecular complexity index is 3300. The molecule has 4 heterocycles. The number of aliphatic imine (C=N–C) groups is 1. The minimum Gasteiger partial charge on any atom is -0.716 e. The normalized spacial score (nSPS) is 27.0. The zero-order valence-electron chi connectivity index (χ0n) is 49.5. The second kappa shape index (κ2) is 31.4. The minimum absolute atomic E-state index is 0. The third-order valence-corrected chi connectivity index (χ3v) is 16.2.